The summed E-state index contributed by atoms with van der Waals surface area (Å²) in [6.45, 7) is 0. The van der Waals surface area contributed by atoms with Gasteiger partial charge in [0.1, 0.15) is 0 Å². The molecule has 0 aromatic heterocycles. The Balaban J connectivity index is 0. The normalized spacial score (nSPS) is 3.00. The van der Waals surface area contributed by atoms with E-state index in [1.165, 1.54) is 5.34 Å². The van der Waals surface area contributed by atoms with Gasteiger partial charge in [-0.2, -0.15) is 0 Å². The molecule has 0 spiro atoms. The van der Waals surface area contributed by atoms with E-state index in [4.69, 9.17) is 10.1 Å². The second-order valence-electron chi connectivity index (χ2n) is 0.0816. The van der Waals surface area contributed by atoms with Crippen molar-refractivity contribution in [1.29, 1.82) is 0 Å². The molecule has 0 amide bonds. The zero-order valence-corrected chi connectivity index (χ0v) is 1.30. The zero-order chi connectivity index (χ0) is 2.71. The fourth-order valence-corrected chi connectivity index (χ4v) is 0. The van der Waals surface area contributed by atoms with Crippen molar-refractivity contribution in [2.24, 2.45) is 5.34 Å². The Bertz CT molecular complexity index is 13.5. The van der Waals surface area contributed by atoms with Gasteiger partial charge in [0.25, 0.3) is 0 Å². The van der Waals surface area contributed by atoms with E-state index in [2.05, 4.69) is 0 Å². The molecule has 0 aliphatic heterocycles. The summed E-state index contributed by atoms with van der Waals surface area (Å²) in [5.74, 6) is 0. The molecule has 0 bridgehead atoms. The summed E-state index contributed by atoms with van der Waals surface area (Å²) >= 11 is 0. The molecule has 0 radical (unpaired) electrons. The molecule has 1 N–H and O–H groups in total. The summed E-state index contributed by atoms with van der Waals surface area (Å²) in [6, 6.07) is 0. The van der Waals surface area contributed by atoms with Crippen molar-refractivity contribution in [2.45, 2.75) is 0 Å². The van der Waals surface area contributed by atoms with E-state index in [0.717, 1.165) is 0 Å². The van der Waals surface area contributed by atoms with Crippen molar-refractivity contribution in [2.75, 3.05) is 0 Å². The summed E-state index contributed by atoms with van der Waals surface area (Å²) in [5.41, 5.74) is 0. The van der Waals surface area contributed by atoms with Crippen LogP contribution in [0.2, 0.25) is 0 Å². The Kier molecular flexibility index (Phi) is 28.3. The van der Waals surface area contributed by atoms with Crippen molar-refractivity contribution < 1.29 is 5.21 Å². The molecule has 0 saturated heterocycles. The van der Waals surface area contributed by atoms with Crippen LogP contribution in [0.25, 0.3) is 0 Å². The summed E-state index contributed by atoms with van der Waals surface area (Å²) in [5, 5.41) is 7.89. The molecule has 0 heterocycles. The number of hydrogen-bond donors (Lipinski definition) is 1. The van der Waals surface area contributed by atoms with Crippen LogP contribution < -0.4 is 0 Å². The van der Waals surface area contributed by atoms with Gasteiger partial charge in [0.05, 0.1) is 0 Å². The molecule has 3 nitrogen and oxygen atoms in total. The third kappa shape index (κ3) is 529. The second kappa shape index (κ2) is 12.5. The first-order valence-electron chi connectivity index (χ1n) is 0.383. The predicted octanol–water partition coefficient (Wildman–Crippen LogP) is -1.31. The summed E-state index contributed by atoms with van der Waals surface area (Å²) in [4.78, 5) is 8.11. The van der Waals surface area contributed by atoms with E-state index in [0.29, 0.717) is 0 Å². The van der Waals surface area contributed by atoms with Crippen LogP contribution >= 0.6 is 0 Å². The molecule has 0 saturated carbocycles. The fraction of sp³-hybridized carbons (Fsp3) is 0. The van der Waals surface area contributed by atoms with Gasteiger partial charge in [-0.05, 0) is 0 Å². The van der Waals surface area contributed by atoms with Crippen LogP contribution in [0.15, 0.2) is 5.34 Å². The molecule has 4 heavy (non-hydrogen) atoms. The van der Waals surface area contributed by atoms with E-state index >= 15 is 0 Å². The third-order valence-corrected chi connectivity index (χ3v) is 0. The van der Waals surface area contributed by atoms with Crippen molar-refractivity contribution >= 4 is 17.6 Å². The van der Waals surface area contributed by atoms with Crippen molar-refractivity contribution in [3.63, 3.8) is 0 Å². The maximum atomic E-state index is 8.11. The Morgan fingerprint density at radius 2 is 1.75 bits per heavy atom. The topological polar surface area (TPSA) is 49.7 Å². The van der Waals surface area contributed by atoms with Crippen LogP contribution in [0.4, 0.5) is 0 Å². The third-order valence-electron chi connectivity index (χ3n) is 0. The Labute approximate surface area is 33.9 Å². The first-order chi connectivity index (χ1) is 1.41. The average molecular weight is 124 g/mol. The van der Waals surface area contributed by atoms with Crippen LogP contribution in [-0.2, 0) is 0 Å². The number of rotatable bonds is 0. The summed E-state index contributed by atoms with van der Waals surface area (Å²) in [6.07, 6.45) is 0. The van der Waals surface area contributed by atoms with Crippen molar-refractivity contribution in [1.82, 2.24) is 0 Å². The van der Waals surface area contributed by atoms with E-state index in [1.807, 2.05) is 0 Å². The molecule has 0 rings (SSSR count). The fourth-order valence-electron chi connectivity index (χ4n) is 0. The first kappa shape index (κ1) is 9.05. The summed E-state index contributed by atoms with van der Waals surface area (Å²) in [7, 11) is 0. The monoisotopic (exact) mass is 125 g/mol. The molecular weight excluding hydrogens is 119 g/mol. The van der Waals surface area contributed by atoms with Gasteiger partial charge in [-0.1, -0.05) is 0 Å². The quantitative estimate of drug-likeness (QED) is 0.247. The molecular formula is H5GeNO2. The zero-order valence-electron chi connectivity index (χ0n) is 1.30. The Morgan fingerprint density at radius 3 is 1.75 bits per heavy atom. The molecule has 0 atom stereocenters. The average Bonchev–Trinajstić information content (AvgIpc) is 0.918. The van der Waals surface area contributed by atoms with Crippen molar-refractivity contribution in [3.05, 3.63) is 4.91 Å². The number of nitrogens with zero attached hydrogens (tertiary/aromatic N) is 1. The van der Waals surface area contributed by atoms with Gasteiger partial charge in [0.15, 0.2) is 5.34 Å². The van der Waals surface area contributed by atoms with Crippen LogP contribution in [0, 0.1) is 4.91 Å². The predicted molar refractivity (Wildman–Crippen MR) is 18.9 cm³/mol. The van der Waals surface area contributed by atoms with Gasteiger partial charge in [0.2, 0.25) is 0 Å². The molecule has 0 aliphatic rings. The Hall–Kier alpha value is -0.0571. The van der Waals surface area contributed by atoms with E-state index in [1.54, 1.807) is 0 Å². The van der Waals surface area contributed by atoms with Gasteiger partial charge in [-0.25, -0.2) is 0 Å². The molecule has 0 unspecified atom stereocenters. The second-order valence-corrected chi connectivity index (χ2v) is 0.0816. The molecule has 0 aliphatic carbocycles. The molecule has 0 aromatic rings. The standard InChI is InChI=1S/GeH4.HNO2/c;2-1-3/h1H4;(H,2,3). The van der Waals surface area contributed by atoms with Crippen LogP contribution in [0.5, 0.6) is 0 Å². The van der Waals surface area contributed by atoms with Crippen molar-refractivity contribution in [3.8, 4) is 0 Å². The van der Waals surface area contributed by atoms with E-state index in [-0.39, 0.29) is 17.6 Å². The van der Waals surface area contributed by atoms with Gasteiger partial charge >= 0.3 is 17.6 Å². The van der Waals surface area contributed by atoms with Crippen LogP contribution in [-0.4, -0.2) is 22.8 Å². The minimum absolute atomic E-state index is 0. The number of hydrogen-bond acceptors (Lipinski definition) is 2. The SMILES string of the molecule is O=NO.[GeH4]. The minimum atomic E-state index is 0. The van der Waals surface area contributed by atoms with Gasteiger partial charge in [0, 0.05) is 0 Å². The summed E-state index contributed by atoms with van der Waals surface area (Å²) < 4.78 is 0. The van der Waals surface area contributed by atoms with Gasteiger partial charge < -0.3 is 5.21 Å². The maximum absolute atomic E-state index is 8.11. The molecule has 4 heteroatoms. The first-order valence-corrected chi connectivity index (χ1v) is 0.383. The molecule has 0 aromatic carbocycles. The van der Waals surface area contributed by atoms with Crippen LogP contribution in [0.3, 0.4) is 0 Å². The Morgan fingerprint density at radius 1 is 1.75 bits per heavy atom. The van der Waals surface area contributed by atoms with Gasteiger partial charge in [-0.3, -0.25) is 0 Å². The van der Waals surface area contributed by atoms with E-state index < -0.39 is 0 Å². The molecule has 0 fully saturated rings. The van der Waals surface area contributed by atoms with E-state index in [9.17, 15) is 0 Å². The molecule has 26 valence electrons. The van der Waals surface area contributed by atoms with Crippen LogP contribution in [0.1, 0.15) is 0 Å². The van der Waals surface area contributed by atoms with Gasteiger partial charge in [-0.15, -0.1) is 4.91 Å².